The number of nitriles is 1. The quantitative estimate of drug-likeness (QED) is 0.517. The van der Waals surface area contributed by atoms with Gasteiger partial charge in [0.2, 0.25) is 10.0 Å². The molecule has 168 valence electrons. The van der Waals surface area contributed by atoms with Crippen molar-refractivity contribution < 1.29 is 17.2 Å². The highest BCUT2D eigenvalue weighted by atomic mass is 32.2. The molecule has 3 N–H and O–H groups in total. The van der Waals surface area contributed by atoms with Crippen LogP contribution in [-0.2, 0) is 10.0 Å². The second-order valence-corrected chi connectivity index (χ2v) is 10.2. The Morgan fingerprint density at radius 2 is 1.87 bits per heavy atom. The van der Waals surface area contributed by atoms with Gasteiger partial charge < -0.3 is 10.2 Å². The molecule has 6 nitrogen and oxygen atoms in total. The Morgan fingerprint density at radius 1 is 1.23 bits per heavy atom. The van der Waals surface area contributed by atoms with E-state index in [0.717, 1.165) is 30.0 Å². The van der Waals surface area contributed by atoms with Crippen LogP contribution in [0.3, 0.4) is 0 Å². The third-order valence-electron chi connectivity index (χ3n) is 4.82. The molecular formula is C21H26F2N4O2S2. The van der Waals surface area contributed by atoms with Gasteiger partial charge in [0.25, 0.3) is 0 Å². The summed E-state index contributed by atoms with van der Waals surface area (Å²) in [6.07, 6.45) is 0.800. The number of anilines is 1. The van der Waals surface area contributed by atoms with Gasteiger partial charge in [-0.3, -0.25) is 0 Å². The molecule has 0 saturated carbocycles. The lowest BCUT2D eigenvalue weighted by Gasteiger charge is -2.27. The van der Waals surface area contributed by atoms with E-state index in [-0.39, 0.29) is 29.0 Å². The Labute approximate surface area is 186 Å². The number of hydrogen-bond donors (Lipinski definition) is 2. The highest BCUT2D eigenvalue weighted by Crippen LogP contribution is 2.29. The van der Waals surface area contributed by atoms with E-state index in [9.17, 15) is 22.5 Å². The fourth-order valence-electron chi connectivity index (χ4n) is 2.96. The predicted octanol–water partition coefficient (Wildman–Crippen LogP) is 3.64. The van der Waals surface area contributed by atoms with Crippen molar-refractivity contribution in [3.8, 4) is 6.07 Å². The van der Waals surface area contributed by atoms with Crippen LogP contribution >= 0.6 is 11.8 Å². The minimum atomic E-state index is -4.13. The number of primary sulfonamides is 1. The lowest BCUT2D eigenvalue weighted by atomic mass is 9.98. The summed E-state index contributed by atoms with van der Waals surface area (Å²) in [6, 6.07) is 9.71. The van der Waals surface area contributed by atoms with Gasteiger partial charge in [-0.2, -0.15) is 5.26 Å². The van der Waals surface area contributed by atoms with Gasteiger partial charge in [-0.05, 0) is 76.3 Å². The molecule has 0 heterocycles. The number of thioether (sulfide) groups is 1. The second kappa shape index (κ2) is 10.9. The summed E-state index contributed by atoms with van der Waals surface area (Å²) in [5, 5.41) is 17.5. The Kier molecular flexibility index (Phi) is 8.82. The van der Waals surface area contributed by atoms with Crippen LogP contribution in [-0.4, -0.2) is 45.8 Å². The summed E-state index contributed by atoms with van der Waals surface area (Å²) < 4.78 is 50.9. The zero-order valence-electron chi connectivity index (χ0n) is 17.6. The molecule has 0 aromatic heterocycles. The number of benzene rings is 2. The van der Waals surface area contributed by atoms with E-state index >= 15 is 0 Å². The van der Waals surface area contributed by atoms with E-state index in [0.29, 0.717) is 5.75 Å². The largest absolute Gasteiger partial charge is 0.379 e. The summed E-state index contributed by atoms with van der Waals surface area (Å²) in [7, 11) is -0.214. The summed E-state index contributed by atoms with van der Waals surface area (Å²) in [5.41, 5.74) is -0.183. The zero-order valence-corrected chi connectivity index (χ0v) is 19.2. The molecular weight excluding hydrogens is 442 g/mol. The Balaban J connectivity index is 2.22. The molecule has 2 aromatic rings. The minimum Gasteiger partial charge on any atom is -0.379 e. The van der Waals surface area contributed by atoms with Gasteiger partial charge in [0, 0.05) is 16.7 Å². The van der Waals surface area contributed by atoms with Gasteiger partial charge in [0.15, 0.2) is 0 Å². The standard InChI is InChI=1S/C21H26F2N4O2S2/c1-14(26-21-16(12-24)10-19(11-20(21)23)31(25,28)29)15(8-9-27(2)3)13-30-18-6-4-17(22)5-7-18/h4-7,10-11,14-15,26H,8-9,13H2,1-3H3,(H2,25,28,29)/t14?,15-/m1/s1. The van der Waals surface area contributed by atoms with E-state index in [1.807, 2.05) is 32.0 Å². The van der Waals surface area contributed by atoms with Crippen LogP contribution in [0.4, 0.5) is 14.5 Å². The first kappa shape index (κ1) is 25.1. The maximum Gasteiger partial charge on any atom is 0.238 e. The van der Waals surface area contributed by atoms with Crippen LogP contribution in [0.1, 0.15) is 18.9 Å². The molecule has 2 aromatic carbocycles. The molecule has 31 heavy (non-hydrogen) atoms. The molecule has 0 amide bonds. The lowest BCUT2D eigenvalue weighted by molar-refractivity contribution is 0.349. The van der Waals surface area contributed by atoms with Crippen LogP contribution in [0.2, 0.25) is 0 Å². The van der Waals surface area contributed by atoms with Crippen molar-refractivity contribution in [1.29, 1.82) is 5.26 Å². The maximum absolute atomic E-state index is 14.7. The number of halogens is 2. The number of nitrogens with zero attached hydrogens (tertiary/aromatic N) is 2. The fourth-order valence-corrected chi connectivity index (χ4v) is 4.70. The van der Waals surface area contributed by atoms with E-state index in [4.69, 9.17) is 5.14 Å². The van der Waals surface area contributed by atoms with Gasteiger partial charge >= 0.3 is 0 Å². The number of rotatable bonds is 10. The van der Waals surface area contributed by atoms with Crippen LogP contribution in [0.25, 0.3) is 0 Å². The summed E-state index contributed by atoms with van der Waals surface area (Å²) in [6.45, 7) is 2.69. The molecule has 1 unspecified atom stereocenters. The highest BCUT2D eigenvalue weighted by molar-refractivity contribution is 7.99. The first-order chi connectivity index (χ1) is 14.5. The van der Waals surface area contributed by atoms with E-state index < -0.39 is 20.7 Å². The lowest BCUT2D eigenvalue weighted by Crippen LogP contribution is -2.31. The molecule has 0 aliphatic heterocycles. The molecule has 0 fully saturated rings. The van der Waals surface area contributed by atoms with Crippen LogP contribution in [0.15, 0.2) is 46.2 Å². The molecule has 2 atom stereocenters. The van der Waals surface area contributed by atoms with Crippen molar-refractivity contribution in [3.63, 3.8) is 0 Å². The Bertz CT molecular complexity index is 1040. The molecule has 0 saturated heterocycles. The second-order valence-electron chi connectivity index (χ2n) is 7.53. The van der Waals surface area contributed by atoms with E-state index in [1.165, 1.54) is 12.1 Å². The van der Waals surface area contributed by atoms with Crippen molar-refractivity contribution in [2.24, 2.45) is 11.1 Å². The van der Waals surface area contributed by atoms with Crippen LogP contribution in [0, 0.1) is 28.9 Å². The normalized spacial score (nSPS) is 13.6. The molecule has 2 rings (SSSR count). The third kappa shape index (κ3) is 7.47. The summed E-state index contributed by atoms with van der Waals surface area (Å²) in [4.78, 5) is 2.52. The van der Waals surface area contributed by atoms with Crippen molar-refractivity contribution in [2.45, 2.75) is 29.2 Å². The number of nitrogens with one attached hydrogen (secondary N) is 1. The number of sulfonamides is 1. The van der Waals surface area contributed by atoms with Crippen molar-refractivity contribution in [1.82, 2.24) is 4.90 Å². The SMILES string of the molecule is CC(Nc1c(F)cc(S(N)(=O)=O)cc1C#N)[C@H](CCN(C)C)CSc1ccc(F)cc1. The average Bonchev–Trinajstić information content (AvgIpc) is 2.69. The van der Waals surface area contributed by atoms with E-state index in [2.05, 4.69) is 5.32 Å². The molecule has 0 bridgehead atoms. The predicted molar refractivity (Wildman–Crippen MR) is 119 cm³/mol. The Morgan fingerprint density at radius 3 is 2.42 bits per heavy atom. The topological polar surface area (TPSA) is 99.2 Å². The molecule has 0 aliphatic carbocycles. The van der Waals surface area contributed by atoms with Gasteiger partial charge in [-0.25, -0.2) is 22.3 Å². The maximum atomic E-state index is 14.7. The highest BCUT2D eigenvalue weighted by Gasteiger charge is 2.22. The number of nitrogens with two attached hydrogens (primary N) is 1. The van der Waals surface area contributed by atoms with Gasteiger partial charge in [-0.15, -0.1) is 11.8 Å². The molecule has 0 aliphatic rings. The van der Waals surface area contributed by atoms with Gasteiger partial charge in [0.1, 0.15) is 17.7 Å². The average molecular weight is 469 g/mol. The minimum absolute atomic E-state index is 0.0518. The monoisotopic (exact) mass is 468 g/mol. The fraction of sp³-hybridized carbons (Fsp3) is 0.381. The molecule has 0 radical (unpaired) electrons. The zero-order chi connectivity index (χ0) is 23.2. The third-order valence-corrected chi connectivity index (χ3v) is 6.91. The molecule has 10 heteroatoms. The first-order valence-electron chi connectivity index (χ1n) is 9.57. The van der Waals surface area contributed by atoms with Crippen LogP contribution in [0.5, 0.6) is 0 Å². The van der Waals surface area contributed by atoms with Crippen molar-refractivity contribution in [3.05, 3.63) is 53.6 Å². The van der Waals surface area contributed by atoms with Crippen molar-refractivity contribution >= 4 is 27.5 Å². The first-order valence-corrected chi connectivity index (χ1v) is 12.1. The van der Waals surface area contributed by atoms with Gasteiger partial charge in [0.05, 0.1) is 16.1 Å². The van der Waals surface area contributed by atoms with Gasteiger partial charge in [-0.1, -0.05) is 0 Å². The number of hydrogen-bond acceptors (Lipinski definition) is 6. The van der Waals surface area contributed by atoms with Crippen molar-refractivity contribution in [2.75, 3.05) is 31.7 Å². The van der Waals surface area contributed by atoms with Crippen LogP contribution < -0.4 is 10.5 Å². The summed E-state index contributed by atoms with van der Waals surface area (Å²) >= 11 is 1.57. The molecule has 0 spiro atoms. The Hall–Kier alpha value is -2.19. The smallest absolute Gasteiger partial charge is 0.238 e. The van der Waals surface area contributed by atoms with E-state index in [1.54, 1.807) is 23.9 Å². The summed E-state index contributed by atoms with van der Waals surface area (Å²) in [5.74, 6) is -0.383.